The molecule has 5 heteroatoms. The second-order valence-corrected chi connectivity index (χ2v) is 4.53. The summed E-state index contributed by atoms with van der Waals surface area (Å²) in [4.78, 5) is 11.3. The molecule has 0 saturated carbocycles. The van der Waals surface area contributed by atoms with Gasteiger partial charge in [0.15, 0.2) is 11.5 Å². The SMILES string of the molecule is CCCC(=O)COc1c(Cl)cc(Cl)cc1Cl. The van der Waals surface area contributed by atoms with E-state index in [2.05, 4.69) is 0 Å². The van der Waals surface area contributed by atoms with Crippen LogP contribution in [0, 0.1) is 0 Å². The van der Waals surface area contributed by atoms with Gasteiger partial charge < -0.3 is 4.74 Å². The first-order valence-electron chi connectivity index (χ1n) is 4.83. The third kappa shape index (κ3) is 3.85. The van der Waals surface area contributed by atoms with Crippen molar-refractivity contribution in [2.24, 2.45) is 0 Å². The minimum atomic E-state index is -0.0189. The van der Waals surface area contributed by atoms with Crippen molar-refractivity contribution in [3.05, 3.63) is 27.2 Å². The maximum absolute atomic E-state index is 11.3. The molecule has 0 aliphatic carbocycles. The number of benzene rings is 1. The van der Waals surface area contributed by atoms with Crippen molar-refractivity contribution in [3.8, 4) is 5.75 Å². The van der Waals surface area contributed by atoms with Gasteiger partial charge in [-0.15, -0.1) is 0 Å². The highest BCUT2D eigenvalue weighted by atomic mass is 35.5. The Morgan fingerprint density at radius 1 is 1.25 bits per heavy atom. The van der Waals surface area contributed by atoms with E-state index in [0.29, 0.717) is 27.2 Å². The molecule has 0 atom stereocenters. The van der Waals surface area contributed by atoms with Crippen molar-refractivity contribution >= 4 is 40.6 Å². The maximum Gasteiger partial charge on any atom is 0.170 e. The Hall–Kier alpha value is -0.440. The van der Waals surface area contributed by atoms with Crippen molar-refractivity contribution in [2.75, 3.05) is 6.61 Å². The van der Waals surface area contributed by atoms with Crippen molar-refractivity contribution < 1.29 is 9.53 Å². The van der Waals surface area contributed by atoms with E-state index in [0.717, 1.165) is 6.42 Å². The third-order valence-electron chi connectivity index (χ3n) is 1.87. The molecule has 0 aliphatic heterocycles. The Morgan fingerprint density at radius 2 is 1.81 bits per heavy atom. The van der Waals surface area contributed by atoms with Crippen molar-refractivity contribution in [1.29, 1.82) is 0 Å². The molecule has 1 rings (SSSR count). The van der Waals surface area contributed by atoms with Crippen molar-refractivity contribution in [1.82, 2.24) is 0 Å². The van der Waals surface area contributed by atoms with Crippen LogP contribution in [0.25, 0.3) is 0 Å². The van der Waals surface area contributed by atoms with Crippen LogP contribution in [0.3, 0.4) is 0 Å². The van der Waals surface area contributed by atoms with Gasteiger partial charge in [0.05, 0.1) is 10.0 Å². The smallest absolute Gasteiger partial charge is 0.170 e. The van der Waals surface area contributed by atoms with Crippen LogP contribution in [0.2, 0.25) is 15.1 Å². The molecular weight excluding hydrogens is 270 g/mol. The van der Waals surface area contributed by atoms with E-state index in [1.165, 1.54) is 12.1 Å². The largest absolute Gasteiger partial charge is 0.483 e. The zero-order valence-electron chi connectivity index (χ0n) is 8.73. The van der Waals surface area contributed by atoms with Gasteiger partial charge >= 0.3 is 0 Å². The molecule has 0 radical (unpaired) electrons. The van der Waals surface area contributed by atoms with Gasteiger partial charge in [0.2, 0.25) is 0 Å². The number of halogens is 3. The fraction of sp³-hybridized carbons (Fsp3) is 0.364. The molecule has 0 aliphatic rings. The lowest BCUT2D eigenvalue weighted by molar-refractivity contribution is -0.121. The summed E-state index contributed by atoms with van der Waals surface area (Å²) in [5.41, 5.74) is 0. The van der Waals surface area contributed by atoms with E-state index < -0.39 is 0 Å². The Kier molecular flexibility index (Phi) is 5.39. The average molecular weight is 282 g/mol. The molecule has 0 spiro atoms. The van der Waals surface area contributed by atoms with Crippen molar-refractivity contribution in [2.45, 2.75) is 19.8 Å². The van der Waals surface area contributed by atoms with Crippen LogP contribution in [0.1, 0.15) is 19.8 Å². The van der Waals surface area contributed by atoms with E-state index >= 15 is 0 Å². The molecule has 1 aromatic carbocycles. The van der Waals surface area contributed by atoms with Crippen molar-refractivity contribution in [3.63, 3.8) is 0 Å². The van der Waals surface area contributed by atoms with Gasteiger partial charge in [0.25, 0.3) is 0 Å². The number of hydrogen-bond acceptors (Lipinski definition) is 2. The highest BCUT2D eigenvalue weighted by Gasteiger charge is 2.10. The molecule has 0 fully saturated rings. The fourth-order valence-electron chi connectivity index (χ4n) is 1.17. The summed E-state index contributed by atoms with van der Waals surface area (Å²) in [6.07, 6.45) is 1.28. The quantitative estimate of drug-likeness (QED) is 0.800. The molecule has 0 heterocycles. The van der Waals surface area contributed by atoms with Gasteiger partial charge in [-0.05, 0) is 18.6 Å². The average Bonchev–Trinajstić information content (AvgIpc) is 2.16. The maximum atomic E-state index is 11.3. The summed E-state index contributed by atoms with van der Waals surface area (Å²) in [6, 6.07) is 3.04. The second-order valence-electron chi connectivity index (χ2n) is 3.28. The van der Waals surface area contributed by atoms with E-state index in [1.807, 2.05) is 6.92 Å². The summed E-state index contributed by atoms with van der Waals surface area (Å²) in [6.45, 7) is 1.91. The lowest BCUT2D eigenvalue weighted by atomic mass is 10.2. The number of rotatable bonds is 5. The van der Waals surface area contributed by atoms with Gasteiger partial charge in [-0.3, -0.25) is 4.79 Å². The molecule has 1 aromatic rings. The van der Waals surface area contributed by atoms with Gasteiger partial charge in [0.1, 0.15) is 6.61 Å². The molecule has 0 bridgehead atoms. The van der Waals surface area contributed by atoms with E-state index in [-0.39, 0.29) is 12.4 Å². The number of ketones is 1. The number of carbonyl (C=O) groups excluding carboxylic acids is 1. The molecular formula is C11H11Cl3O2. The number of carbonyl (C=O) groups is 1. The summed E-state index contributed by atoms with van der Waals surface area (Å²) < 4.78 is 5.26. The Morgan fingerprint density at radius 3 is 2.31 bits per heavy atom. The summed E-state index contributed by atoms with van der Waals surface area (Å²) >= 11 is 17.5. The molecule has 0 N–H and O–H groups in total. The van der Waals surface area contributed by atoms with Crippen LogP contribution in [0.15, 0.2) is 12.1 Å². The minimum Gasteiger partial charge on any atom is -0.483 e. The fourth-order valence-corrected chi connectivity index (χ4v) is 2.10. The molecule has 88 valence electrons. The standard InChI is InChI=1S/C11H11Cl3O2/c1-2-3-8(15)6-16-11-9(13)4-7(12)5-10(11)14/h4-5H,2-3,6H2,1H3. The highest BCUT2D eigenvalue weighted by molar-refractivity contribution is 6.40. The first kappa shape index (κ1) is 13.6. The third-order valence-corrected chi connectivity index (χ3v) is 2.65. The van der Waals surface area contributed by atoms with E-state index in [9.17, 15) is 4.79 Å². The first-order valence-corrected chi connectivity index (χ1v) is 5.97. The van der Waals surface area contributed by atoms with Gasteiger partial charge in [-0.25, -0.2) is 0 Å². The highest BCUT2D eigenvalue weighted by Crippen LogP contribution is 2.35. The summed E-state index contributed by atoms with van der Waals surface area (Å²) in [5, 5.41) is 1.05. The zero-order chi connectivity index (χ0) is 12.1. The molecule has 0 amide bonds. The predicted octanol–water partition coefficient (Wildman–Crippen LogP) is 4.39. The first-order chi connectivity index (χ1) is 7.54. The lowest BCUT2D eigenvalue weighted by Gasteiger charge is -2.09. The van der Waals surface area contributed by atoms with Crippen LogP contribution in [0.5, 0.6) is 5.75 Å². The number of Topliss-reactive ketones (excluding diaryl/α,β-unsaturated/α-hetero) is 1. The van der Waals surface area contributed by atoms with Crippen LogP contribution in [-0.2, 0) is 4.79 Å². The summed E-state index contributed by atoms with van der Waals surface area (Å²) in [7, 11) is 0. The second kappa shape index (κ2) is 6.33. The molecule has 0 aromatic heterocycles. The van der Waals surface area contributed by atoms with Gasteiger partial charge in [0, 0.05) is 11.4 Å². The van der Waals surface area contributed by atoms with Crippen LogP contribution < -0.4 is 4.74 Å². The molecule has 0 unspecified atom stereocenters. The molecule has 0 saturated heterocycles. The normalized spacial score (nSPS) is 10.2. The monoisotopic (exact) mass is 280 g/mol. The Balaban J connectivity index is 2.70. The van der Waals surface area contributed by atoms with Crippen LogP contribution in [-0.4, -0.2) is 12.4 Å². The van der Waals surface area contributed by atoms with Crippen LogP contribution >= 0.6 is 34.8 Å². The van der Waals surface area contributed by atoms with E-state index in [1.54, 1.807) is 0 Å². The Bertz CT molecular complexity index is 368. The summed E-state index contributed by atoms with van der Waals surface area (Å²) in [5.74, 6) is 0.321. The molecule has 16 heavy (non-hydrogen) atoms. The lowest BCUT2D eigenvalue weighted by Crippen LogP contribution is -2.10. The van der Waals surface area contributed by atoms with E-state index in [4.69, 9.17) is 39.5 Å². The van der Waals surface area contributed by atoms with Crippen LogP contribution in [0.4, 0.5) is 0 Å². The number of hydrogen-bond donors (Lipinski definition) is 0. The predicted molar refractivity (Wildman–Crippen MR) is 66.9 cm³/mol. The van der Waals surface area contributed by atoms with Gasteiger partial charge in [-0.1, -0.05) is 41.7 Å². The number of ether oxygens (including phenoxy) is 1. The Labute approximate surface area is 109 Å². The topological polar surface area (TPSA) is 26.3 Å². The minimum absolute atomic E-state index is 0.0181. The van der Waals surface area contributed by atoms with Gasteiger partial charge in [-0.2, -0.15) is 0 Å². The molecule has 2 nitrogen and oxygen atoms in total. The zero-order valence-corrected chi connectivity index (χ0v) is 11.0.